The Morgan fingerprint density at radius 3 is 2.79 bits per heavy atom. The van der Waals surface area contributed by atoms with Gasteiger partial charge >= 0.3 is 0 Å². The number of pyridine rings is 1. The average molecular weight is 439 g/mol. The van der Waals surface area contributed by atoms with Crippen molar-refractivity contribution in [2.45, 2.75) is 13.0 Å². The summed E-state index contributed by atoms with van der Waals surface area (Å²) in [6, 6.07) is 3.85. The second-order valence-corrected chi connectivity index (χ2v) is 7.21. The Balaban J connectivity index is 1.81. The number of aromatic nitrogens is 3. The topological polar surface area (TPSA) is 76.9 Å². The van der Waals surface area contributed by atoms with E-state index in [1.54, 1.807) is 6.07 Å². The quantitative estimate of drug-likeness (QED) is 0.633. The van der Waals surface area contributed by atoms with Crippen molar-refractivity contribution >= 4 is 34.5 Å². The summed E-state index contributed by atoms with van der Waals surface area (Å²) in [7, 11) is 0. The van der Waals surface area contributed by atoms with Crippen LogP contribution in [0.4, 0.5) is 18.9 Å². The van der Waals surface area contributed by atoms with Crippen LogP contribution < -0.4 is 10.9 Å². The van der Waals surface area contributed by atoms with Crippen molar-refractivity contribution in [1.82, 2.24) is 14.8 Å². The lowest BCUT2D eigenvalue weighted by Crippen LogP contribution is -2.26. The Bertz CT molecular complexity index is 1170. The molecule has 0 spiro atoms. The van der Waals surface area contributed by atoms with Gasteiger partial charge < -0.3 is 9.88 Å². The first-order valence-corrected chi connectivity index (χ1v) is 9.10. The summed E-state index contributed by atoms with van der Waals surface area (Å²) in [5, 5.41) is 9.68. The maximum Gasteiger partial charge on any atom is 0.286 e. The molecule has 1 N–H and O–H groups in total. The van der Waals surface area contributed by atoms with Crippen LogP contribution in [0.5, 0.6) is 0 Å². The second kappa shape index (κ2) is 8.89. The molecule has 0 saturated carbocycles. The highest BCUT2D eigenvalue weighted by molar-refractivity contribution is 7.18. The zero-order chi connectivity index (χ0) is 21.0. The molecule has 11 heteroatoms. The Kier molecular flexibility index (Phi) is 6.31. The van der Waals surface area contributed by atoms with E-state index in [1.165, 1.54) is 18.5 Å². The first-order chi connectivity index (χ1) is 13.8. The fourth-order valence-electron chi connectivity index (χ4n) is 2.21. The van der Waals surface area contributed by atoms with Gasteiger partial charge in [-0.25, -0.2) is 13.2 Å². The Morgan fingerprint density at radius 1 is 1.31 bits per heavy atom. The van der Waals surface area contributed by atoms with E-state index in [4.69, 9.17) is 11.6 Å². The summed E-state index contributed by atoms with van der Waals surface area (Å²) >= 11 is 7.05. The third-order valence-corrected chi connectivity index (χ3v) is 4.83. The van der Waals surface area contributed by atoms with Crippen molar-refractivity contribution in [1.29, 1.82) is 0 Å². The molecule has 0 aliphatic carbocycles. The molecule has 0 radical (unpaired) electrons. The summed E-state index contributed by atoms with van der Waals surface area (Å²) in [5.74, 6) is 3.72. The normalized spacial score (nSPS) is 10.5. The lowest BCUT2D eigenvalue weighted by molar-refractivity contribution is 0.103. The molecule has 0 aliphatic rings. The molecular formula is C18H10ClF3N4O2S. The number of alkyl halides is 2. The van der Waals surface area contributed by atoms with Crippen molar-refractivity contribution < 1.29 is 18.0 Å². The van der Waals surface area contributed by atoms with E-state index in [0.717, 1.165) is 23.6 Å². The molecule has 0 atom stereocenters. The molecular weight excluding hydrogens is 429 g/mol. The van der Waals surface area contributed by atoms with E-state index in [-0.39, 0.29) is 14.9 Å². The van der Waals surface area contributed by atoms with Crippen LogP contribution in [-0.4, -0.2) is 27.1 Å². The molecule has 0 aliphatic heterocycles. The minimum atomic E-state index is -2.86. The number of hydrogen-bond donors (Lipinski definition) is 1. The molecule has 3 aromatic heterocycles. The van der Waals surface area contributed by atoms with Crippen LogP contribution in [0.3, 0.4) is 0 Å². The van der Waals surface area contributed by atoms with Gasteiger partial charge in [0.05, 0.1) is 35.1 Å². The van der Waals surface area contributed by atoms with Crippen LogP contribution in [-0.2, 0) is 6.54 Å². The van der Waals surface area contributed by atoms with E-state index >= 15 is 0 Å². The Hall–Kier alpha value is -3.16. The predicted molar refractivity (Wildman–Crippen MR) is 102 cm³/mol. The van der Waals surface area contributed by atoms with Crippen LogP contribution in [0.1, 0.15) is 20.8 Å². The summed E-state index contributed by atoms with van der Waals surface area (Å²) in [6.07, 6.45) is 1.03. The van der Waals surface area contributed by atoms with Gasteiger partial charge in [0.25, 0.3) is 17.9 Å². The largest absolute Gasteiger partial charge is 0.320 e. The fourth-order valence-corrected chi connectivity index (χ4v) is 3.30. The maximum absolute atomic E-state index is 13.7. The van der Waals surface area contributed by atoms with Crippen LogP contribution >= 0.6 is 22.9 Å². The van der Waals surface area contributed by atoms with Crippen LogP contribution in [0.2, 0.25) is 4.34 Å². The van der Waals surface area contributed by atoms with Crippen molar-refractivity contribution in [3.05, 3.63) is 73.3 Å². The zero-order valence-corrected chi connectivity index (χ0v) is 15.9. The van der Waals surface area contributed by atoms with Gasteiger partial charge in [-0.1, -0.05) is 23.4 Å². The van der Waals surface area contributed by atoms with Gasteiger partial charge in [-0.3, -0.25) is 9.59 Å². The molecule has 0 bridgehead atoms. The van der Waals surface area contributed by atoms with Crippen molar-refractivity contribution in [2.75, 3.05) is 5.32 Å². The summed E-state index contributed by atoms with van der Waals surface area (Å²) in [5.41, 5.74) is -0.351. The molecule has 148 valence electrons. The van der Waals surface area contributed by atoms with E-state index in [1.807, 2.05) is 0 Å². The summed E-state index contributed by atoms with van der Waals surface area (Å²) in [4.78, 5) is 24.1. The first-order valence-electron chi connectivity index (χ1n) is 7.91. The number of nitrogens with zero attached hydrogens (tertiary/aromatic N) is 3. The molecule has 0 saturated heterocycles. The number of carbonyl (C=O) groups is 1. The molecule has 6 nitrogen and oxygen atoms in total. The minimum Gasteiger partial charge on any atom is -0.320 e. The highest BCUT2D eigenvalue weighted by Gasteiger charge is 2.16. The molecule has 3 aromatic rings. The van der Waals surface area contributed by atoms with E-state index in [9.17, 15) is 22.8 Å². The average Bonchev–Trinajstić information content (AvgIpc) is 3.05. The molecule has 0 unspecified atom stereocenters. The van der Waals surface area contributed by atoms with Gasteiger partial charge in [0.1, 0.15) is 4.34 Å². The highest BCUT2D eigenvalue weighted by Crippen LogP contribution is 2.27. The van der Waals surface area contributed by atoms with Crippen LogP contribution in [0.15, 0.2) is 41.6 Å². The van der Waals surface area contributed by atoms with E-state index in [2.05, 4.69) is 27.4 Å². The van der Waals surface area contributed by atoms with Crippen LogP contribution in [0.25, 0.3) is 0 Å². The smallest absolute Gasteiger partial charge is 0.286 e. The van der Waals surface area contributed by atoms with Crippen LogP contribution in [0, 0.1) is 17.7 Å². The monoisotopic (exact) mass is 438 g/mol. The number of carbonyl (C=O) groups excluding carboxylic acids is 1. The number of hydrogen-bond acceptors (Lipinski definition) is 5. The highest BCUT2D eigenvalue weighted by atomic mass is 35.5. The Morgan fingerprint density at radius 2 is 2.10 bits per heavy atom. The van der Waals surface area contributed by atoms with E-state index < -0.39 is 30.3 Å². The molecule has 29 heavy (non-hydrogen) atoms. The zero-order valence-electron chi connectivity index (χ0n) is 14.3. The van der Waals surface area contributed by atoms with Gasteiger partial charge in [0.2, 0.25) is 0 Å². The lowest BCUT2D eigenvalue weighted by atomic mass is 10.2. The van der Waals surface area contributed by atoms with Crippen molar-refractivity contribution in [2.24, 2.45) is 0 Å². The third kappa shape index (κ3) is 5.22. The minimum absolute atomic E-state index is 0.146. The van der Waals surface area contributed by atoms with Gasteiger partial charge in [-0.05, 0) is 12.1 Å². The molecule has 0 fully saturated rings. The molecule has 1 amide bonds. The predicted octanol–water partition coefficient (Wildman–Crippen LogP) is 3.41. The SMILES string of the molecule is O=C(Nc1cc(F)c(=O)n(CC(F)F)c1)c1cc(C#Cc2ccnnc2)c(Cl)s1. The third-order valence-electron chi connectivity index (χ3n) is 3.47. The summed E-state index contributed by atoms with van der Waals surface area (Å²) in [6.45, 7) is -0.992. The second-order valence-electron chi connectivity index (χ2n) is 5.56. The fraction of sp³-hybridized carbons (Fsp3) is 0.111. The molecule has 3 heterocycles. The van der Waals surface area contributed by atoms with Gasteiger partial charge in [0, 0.05) is 17.8 Å². The van der Waals surface area contributed by atoms with Crippen molar-refractivity contribution in [3.63, 3.8) is 0 Å². The number of halogens is 4. The van der Waals surface area contributed by atoms with Crippen molar-refractivity contribution in [3.8, 4) is 11.8 Å². The standard InChI is InChI=1S/C18H10ClF3N4O2S/c19-16-11(2-1-10-3-4-23-24-7-10)5-14(29-16)17(27)25-12-6-13(20)18(28)26(8-12)9-15(21)22/h3-8,15H,9H2,(H,25,27). The number of amides is 1. The number of anilines is 1. The van der Waals surface area contributed by atoms with Gasteiger partial charge in [0.15, 0.2) is 5.82 Å². The number of rotatable bonds is 4. The van der Waals surface area contributed by atoms with Gasteiger partial charge in [-0.15, -0.1) is 11.3 Å². The van der Waals surface area contributed by atoms with E-state index in [0.29, 0.717) is 15.7 Å². The lowest BCUT2D eigenvalue weighted by Gasteiger charge is -2.09. The maximum atomic E-state index is 13.7. The number of nitrogens with one attached hydrogen (secondary N) is 1. The number of thiophene rings is 1. The summed E-state index contributed by atoms with van der Waals surface area (Å²) < 4.78 is 39.5. The van der Waals surface area contributed by atoms with Gasteiger partial charge in [-0.2, -0.15) is 10.2 Å². The Labute approximate surface area is 171 Å². The molecule has 0 aromatic carbocycles. The molecule has 3 rings (SSSR count). The first kappa shape index (κ1) is 20.6.